The summed E-state index contributed by atoms with van der Waals surface area (Å²) in [7, 11) is -1.98. The first kappa shape index (κ1) is 18.4. The molecule has 0 radical (unpaired) electrons. The minimum atomic E-state index is -3.62. The predicted molar refractivity (Wildman–Crippen MR) is 98.1 cm³/mol. The Labute approximate surface area is 154 Å². The Bertz CT molecular complexity index is 843. The van der Waals surface area contributed by atoms with Gasteiger partial charge in [0.2, 0.25) is 10.0 Å². The standard InChI is InChI=1S/C17H23ClN4O2S/c1-13-16(17(18)20(3)19-13)25(23,24)22-11-9-21(10-12-22)14(2)15-7-5-4-6-8-15/h4-8,14H,9-12H2,1-3H3. The highest BCUT2D eigenvalue weighted by atomic mass is 35.5. The van der Waals surface area contributed by atoms with Gasteiger partial charge in [-0.15, -0.1) is 0 Å². The van der Waals surface area contributed by atoms with Crippen LogP contribution in [0.5, 0.6) is 0 Å². The number of halogens is 1. The minimum absolute atomic E-state index is 0.126. The summed E-state index contributed by atoms with van der Waals surface area (Å²) in [6.07, 6.45) is 0. The number of sulfonamides is 1. The number of nitrogens with zero attached hydrogens (tertiary/aromatic N) is 4. The van der Waals surface area contributed by atoms with E-state index in [0.717, 1.165) is 0 Å². The van der Waals surface area contributed by atoms with Crippen LogP contribution in [0.15, 0.2) is 35.2 Å². The van der Waals surface area contributed by atoms with E-state index in [1.54, 1.807) is 14.0 Å². The molecule has 1 unspecified atom stereocenters. The lowest BCUT2D eigenvalue weighted by Crippen LogP contribution is -2.49. The van der Waals surface area contributed by atoms with E-state index in [1.807, 2.05) is 18.2 Å². The second-order valence-electron chi connectivity index (χ2n) is 6.36. The fraction of sp³-hybridized carbons (Fsp3) is 0.471. The monoisotopic (exact) mass is 382 g/mol. The van der Waals surface area contributed by atoms with Crippen molar-refractivity contribution in [2.24, 2.45) is 7.05 Å². The highest BCUT2D eigenvalue weighted by Gasteiger charge is 2.34. The summed E-state index contributed by atoms with van der Waals surface area (Å²) in [6.45, 7) is 6.10. The third kappa shape index (κ3) is 3.46. The van der Waals surface area contributed by atoms with Gasteiger partial charge in [0.1, 0.15) is 10.0 Å². The van der Waals surface area contributed by atoms with Gasteiger partial charge in [0.05, 0.1) is 5.69 Å². The molecule has 0 bridgehead atoms. The molecule has 0 amide bonds. The first-order valence-corrected chi connectivity index (χ1v) is 10.1. The summed E-state index contributed by atoms with van der Waals surface area (Å²) >= 11 is 6.16. The molecule has 8 heteroatoms. The van der Waals surface area contributed by atoms with Crippen LogP contribution < -0.4 is 0 Å². The first-order valence-electron chi connectivity index (χ1n) is 8.30. The minimum Gasteiger partial charge on any atom is -0.294 e. The molecule has 1 fully saturated rings. The van der Waals surface area contributed by atoms with E-state index >= 15 is 0 Å². The van der Waals surface area contributed by atoms with Crippen LogP contribution in [-0.4, -0.2) is 53.6 Å². The third-order valence-electron chi connectivity index (χ3n) is 4.80. The Kier molecular flexibility index (Phi) is 5.20. The summed E-state index contributed by atoms with van der Waals surface area (Å²) in [6, 6.07) is 10.5. The van der Waals surface area contributed by atoms with Crippen molar-refractivity contribution in [2.45, 2.75) is 24.8 Å². The molecule has 0 aliphatic carbocycles. The maximum Gasteiger partial charge on any atom is 0.248 e. The summed E-state index contributed by atoms with van der Waals surface area (Å²) in [4.78, 5) is 2.43. The average Bonchev–Trinajstić information content (AvgIpc) is 2.87. The van der Waals surface area contributed by atoms with Gasteiger partial charge >= 0.3 is 0 Å². The molecule has 0 spiro atoms. The number of rotatable bonds is 4. The van der Waals surface area contributed by atoms with Crippen LogP contribution >= 0.6 is 11.6 Å². The van der Waals surface area contributed by atoms with Crippen molar-refractivity contribution in [2.75, 3.05) is 26.2 Å². The number of piperazine rings is 1. The summed E-state index contributed by atoms with van der Waals surface area (Å²) in [5.41, 5.74) is 1.68. The van der Waals surface area contributed by atoms with Gasteiger partial charge in [0, 0.05) is 39.3 Å². The molecule has 1 atom stereocenters. The van der Waals surface area contributed by atoms with E-state index in [-0.39, 0.29) is 16.1 Å². The van der Waals surface area contributed by atoms with Gasteiger partial charge in [-0.25, -0.2) is 8.42 Å². The number of benzene rings is 1. The molecule has 3 rings (SSSR count). The van der Waals surface area contributed by atoms with Crippen molar-refractivity contribution in [3.8, 4) is 0 Å². The zero-order chi connectivity index (χ0) is 18.2. The van der Waals surface area contributed by atoms with E-state index < -0.39 is 10.0 Å². The van der Waals surface area contributed by atoms with Crippen LogP contribution in [0.1, 0.15) is 24.2 Å². The van der Waals surface area contributed by atoms with Gasteiger partial charge in [-0.2, -0.15) is 9.40 Å². The molecule has 1 saturated heterocycles. The normalized spacial score (nSPS) is 18.4. The molecule has 25 heavy (non-hydrogen) atoms. The Morgan fingerprint density at radius 1 is 1.12 bits per heavy atom. The molecule has 0 N–H and O–H groups in total. The van der Waals surface area contributed by atoms with Crippen LogP contribution in [0.2, 0.25) is 5.15 Å². The van der Waals surface area contributed by atoms with E-state index in [0.29, 0.717) is 31.9 Å². The van der Waals surface area contributed by atoms with Crippen LogP contribution in [-0.2, 0) is 17.1 Å². The van der Waals surface area contributed by atoms with Gasteiger partial charge in [0.15, 0.2) is 0 Å². The highest BCUT2D eigenvalue weighted by molar-refractivity contribution is 7.89. The Hall–Kier alpha value is -1.41. The molecular weight excluding hydrogens is 360 g/mol. The summed E-state index contributed by atoms with van der Waals surface area (Å²) in [5, 5.41) is 4.29. The van der Waals surface area contributed by atoms with E-state index in [4.69, 9.17) is 11.6 Å². The van der Waals surface area contributed by atoms with Crippen molar-refractivity contribution >= 4 is 21.6 Å². The number of hydrogen-bond acceptors (Lipinski definition) is 4. The second-order valence-corrected chi connectivity index (χ2v) is 8.59. The van der Waals surface area contributed by atoms with Gasteiger partial charge in [-0.1, -0.05) is 41.9 Å². The molecule has 1 aromatic heterocycles. The molecule has 1 aliphatic rings. The smallest absolute Gasteiger partial charge is 0.248 e. The zero-order valence-corrected chi connectivity index (χ0v) is 16.3. The van der Waals surface area contributed by atoms with Gasteiger partial charge < -0.3 is 0 Å². The van der Waals surface area contributed by atoms with Crippen LogP contribution in [0.4, 0.5) is 0 Å². The fourth-order valence-corrected chi connectivity index (χ4v) is 5.43. The van der Waals surface area contributed by atoms with E-state index in [1.165, 1.54) is 14.6 Å². The average molecular weight is 383 g/mol. The summed E-state index contributed by atoms with van der Waals surface area (Å²) in [5.74, 6) is 0. The lowest BCUT2D eigenvalue weighted by molar-refractivity contribution is 0.146. The molecule has 1 aliphatic heterocycles. The molecule has 136 valence electrons. The molecule has 0 saturated carbocycles. The molecule has 2 heterocycles. The van der Waals surface area contributed by atoms with Crippen molar-refractivity contribution in [1.29, 1.82) is 0 Å². The Balaban J connectivity index is 1.74. The van der Waals surface area contributed by atoms with E-state index in [9.17, 15) is 8.42 Å². The molecule has 1 aromatic carbocycles. The third-order valence-corrected chi connectivity index (χ3v) is 7.40. The van der Waals surface area contributed by atoms with Crippen LogP contribution in [0.3, 0.4) is 0 Å². The lowest BCUT2D eigenvalue weighted by atomic mass is 10.1. The van der Waals surface area contributed by atoms with Crippen molar-refractivity contribution in [3.05, 3.63) is 46.7 Å². The number of aryl methyl sites for hydroxylation is 2. The van der Waals surface area contributed by atoms with E-state index in [2.05, 4.69) is 29.1 Å². The largest absolute Gasteiger partial charge is 0.294 e. The maximum absolute atomic E-state index is 13.0. The topological polar surface area (TPSA) is 58.4 Å². The second kappa shape index (κ2) is 7.07. The van der Waals surface area contributed by atoms with Crippen LogP contribution in [0.25, 0.3) is 0 Å². The zero-order valence-electron chi connectivity index (χ0n) is 14.7. The first-order chi connectivity index (χ1) is 11.8. The Morgan fingerprint density at radius 3 is 2.24 bits per heavy atom. The van der Waals surface area contributed by atoms with Gasteiger partial charge in [-0.3, -0.25) is 9.58 Å². The van der Waals surface area contributed by atoms with Crippen molar-refractivity contribution < 1.29 is 8.42 Å². The van der Waals surface area contributed by atoms with Gasteiger partial charge in [-0.05, 0) is 19.4 Å². The highest BCUT2D eigenvalue weighted by Crippen LogP contribution is 2.29. The maximum atomic E-state index is 13.0. The fourth-order valence-electron chi connectivity index (χ4n) is 3.31. The molecular formula is C17H23ClN4O2S. The molecule has 6 nitrogen and oxygen atoms in total. The predicted octanol–water partition coefficient (Wildman–Crippen LogP) is 2.45. The Morgan fingerprint density at radius 2 is 1.72 bits per heavy atom. The summed E-state index contributed by atoms with van der Waals surface area (Å²) < 4.78 is 28.8. The van der Waals surface area contributed by atoms with Gasteiger partial charge in [0.25, 0.3) is 0 Å². The van der Waals surface area contributed by atoms with Crippen LogP contribution in [0, 0.1) is 6.92 Å². The quantitative estimate of drug-likeness (QED) is 0.815. The molecule has 2 aromatic rings. The number of hydrogen-bond donors (Lipinski definition) is 0. The number of aromatic nitrogens is 2. The SMILES string of the molecule is Cc1nn(C)c(Cl)c1S(=O)(=O)N1CCN(C(C)c2ccccc2)CC1. The van der Waals surface area contributed by atoms with Crippen molar-refractivity contribution in [1.82, 2.24) is 19.0 Å². The van der Waals surface area contributed by atoms with Crippen molar-refractivity contribution in [3.63, 3.8) is 0 Å². The lowest BCUT2D eigenvalue weighted by Gasteiger charge is -2.37.